The van der Waals surface area contributed by atoms with Gasteiger partial charge in [-0.05, 0) is 33.3 Å². The van der Waals surface area contributed by atoms with E-state index in [-0.39, 0.29) is 17.6 Å². The number of pyridine rings is 2. The van der Waals surface area contributed by atoms with Crippen LogP contribution in [0.15, 0.2) is 48.8 Å². The van der Waals surface area contributed by atoms with E-state index in [2.05, 4.69) is 25.3 Å². The molecule has 8 heteroatoms. The van der Waals surface area contributed by atoms with Gasteiger partial charge in [-0.2, -0.15) is 0 Å². The molecule has 0 spiro atoms. The monoisotopic (exact) mass is 451 g/mol. The molecule has 3 heterocycles. The molecule has 0 unspecified atom stereocenters. The summed E-state index contributed by atoms with van der Waals surface area (Å²) in [7, 11) is 0. The topological polar surface area (TPSA) is 83.8 Å². The van der Waals surface area contributed by atoms with Gasteiger partial charge in [0.25, 0.3) is 0 Å². The van der Waals surface area contributed by atoms with Gasteiger partial charge in [-0.15, -0.1) is 0 Å². The number of nitrogens with one attached hydrogen (secondary N) is 1. The lowest BCUT2D eigenvalue weighted by Gasteiger charge is -2.19. The molecule has 0 aliphatic carbocycles. The Morgan fingerprint density at radius 2 is 1.75 bits per heavy atom. The van der Waals surface area contributed by atoms with Crippen LogP contribution in [0.3, 0.4) is 0 Å². The van der Waals surface area contributed by atoms with Crippen LogP contribution < -0.4 is 5.32 Å². The minimum Gasteiger partial charge on any atom is -0.382 e. The number of fused-ring (bicyclic) bond motifs is 1. The zero-order valence-corrected chi connectivity index (χ0v) is 18.9. The summed E-state index contributed by atoms with van der Waals surface area (Å²) in [6.07, 6.45) is 2.89. The van der Waals surface area contributed by atoms with Gasteiger partial charge in [0.15, 0.2) is 11.6 Å². The smallest absolute Gasteiger partial charge is 0.159 e. The lowest BCUT2D eigenvalue weighted by molar-refractivity contribution is 0.0687. The standard InChI is InChI=1S/C24H23ClFN5O/c1-13(15-8-6-5-7-9-15)30-22-19(25)14(2)29-18-10-17(26)20(31-21(18)22)16-11-27-23(28-12-16)24(3,4)32/h5-13,32H,1-4H3,(H,29,30)/t13-/m1/s1. The molecule has 0 saturated carbocycles. The predicted octanol–water partition coefficient (Wildman–Crippen LogP) is 5.59. The van der Waals surface area contributed by atoms with Crippen LogP contribution in [0.4, 0.5) is 10.1 Å². The van der Waals surface area contributed by atoms with Crippen molar-refractivity contribution in [1.82, 2.24) is 19.9 Å². The number of halogens is 2. The number of rotatable bonds is 5. The number of nitrogens with zero attached hydrogens (tertiary/aromatic N) is 4. The van der Waals surface area contributed by atoms with Gasteiger partial charge >= 0.3 is 0 Å². The van der Waals surface area contributed by atoms with Gasteiger partial charge < -0.3 is 10.4 Å². The Kier molecular flexibility index (Phi) is 5.79. The highest BCUT2D eigenvalue weighted by molar-refractivity contribution is 6.35. The third-order valence-corrected chi connectivity index (χ3v) is 5.61. The molecule has 6 nitrogen and oxygen atoms in total. The van der Waals surface area contributed by atoms with Crippen LogP contribution >= 0.6 is 11.6 Å². The van der Waals surface area contributed by atoms with Crippen molar-refractivity contribution in [2.45, 2.75) is 39.3 Å². The highest BCUT2D eigenvalue weighted by Gasteiger charge is 2.22. The Morgan fingerprint density at radius 1 is 1.09 bits per heavy atom. The highest BCUT2D eigenvalue weighted by Crippen LogP contribution is 2.36. The molecular weight excluding hydrogens is 429 g/mol. The maximum atomic E-state index is 15.0. The van der Waals surface area contributed by atoms with E-state index in [9.17, 15) is 9.50 Å². The number of hydrogen-bond acceptors (Lipinski definition) is 6. The molecule has 0 bridgehead atoms. The Labute approximate surface area is 190 Å². The number of hydrogen-bond donors (Lipinski definition) is 2. The van der Waals surface area contributed by atoms with E-state index in [1.165, 1.54) is 18.5 Å². The molecule has 1 aromatic carbocycles. The molecule has 0 aliphatic rings. The van der Waals surface area contributed by atoms with Crippen molar-refractivity contribution < 1.29 is 9.50 Å². The Balaban J connectivity index is 1.83. The number of benzene rings is 1. The summed E-state index contributed by atoms with van der Waals surface area (Å²) >= 11 is 6.60. The molecule has 0 radical (unpaired) electrons. The molecule has 0 amide bonds. The molecular formula is C24H23ClFN5O. The summed E-state index contributed by atoms with van der Waals surface area (Å²) in [5.74, 6) is -0.310. The fraction of sp³-hybridized carbons (Fsp3) is 0.250. The summed E-state index contributed by atoms with van der Waals surface area (Å²) in [5.41, 5.74) is 2.34. The molecule has 0 saturated heterocycles. The zero-order chi connectivity index (χ0) is 23.0. The molecule has 2 N–H and O–H groups in total. The lowest BCUT2D eigenvalue weighted by Crippen LogP contribution is -2.19. The van der Waals surface area contributed by atoms with Gasteiger partial charge in [-0.1, -0.05) is 41.9 Å². The SMILES string of the molecule is Cc1nc2cc(F)c(-c3cnc(C(C)(C)O)nc3)nc2c(N[C@H](C)c2ccccc2)c1Cl. The fourth-order valence-corrected chi connectivity index (χ4v) is 3.59. The first-order valence-corrected chi connectivity index (χ1v) is 10.6. The average molecular weight is 452 g/mol. The van der Waals surface area contributed by atoms with Gasteiger partial charge in [0.05, 0.1) is 21.9 Å². The van der Waals surface area contributed by atoms with Crippen molar-refractivity contribution in [2.24, 2.45) is 0 Å². The van der Waals surface area contributed by atoms with Crippen molar-refractivity contribution in [2.75, 3.05) is 5.32 Å². The van der Waals surface area contributed by atoms with Crippen LogP contribution in [0.25, 0.3) is 22.3 Å². The number of aromatic nitrogens is 4. The van der Waals surface area contributed by atoms with Crippen LogP contribution in [0.5, 0.6) is 0 Å². The van der Waals surface area contributed by atoms with Crippen molar-refractivity contribution in [1.29, 1.82) is 0 Å². The maximum absolute atomic E-state index is 15.0. The van der Waals surface area contributed by atoms with Crippen LogP contribution in [0, 0.1) is 12.7 Å². The maximum Gasteiger partial charge on any atom is 0.159 e. The minimum atomic E-state index is -1.20. The number of aliphatic hydroxyl groups is 1. The third-order valence-electron chi connectivity index (χ3n) is 5.15. The van der Waals surface area contributed by atoms with E-state index in [1.54, 1.807) is 20.8 Å². The molecule has 4 rings (SSSR count). The Hall–Kier alpha value is -3.16. The van der Waals surface area contributed by atoms with E-state index in [1.807, 2.05) is 37.3 Å². The second kappa shape index (κ2) is 8.41. The summed E-state index contributed by atoms with van der Waals surface area (Å²) in [4.78, 5) is 17.3. The van der Waals surface area contributed by atoms with Gasteiger partial charge in [0, 0.05) is 30.1 Å². The van der Waals surface area contributed by atoms with Crippen LogP contribution in [0.2, 0.25) is 5.02 Å². The van der Waals surface area contributed by atoms with Crippen LogP contribution in [0.1, 0.15) is 43.9 Å². The summed E-state index contributed by atoms with van der Waals surface area (Å²) < 4.78 is 15.0. The lowest BCUT2D eigenvalue weighted by atomic mass is 10.1. The van der Waals surface area contributed by atoms with Crippen molar-refractivity contribution in [3.8, 4) is 11.3 Å². The molecule has 0 fully saturated rings. The first-order valence-electron chi connectivity index (χ1n) is 10.2. The van der Waals surface area contributed by atoms with E-state index in [0.717, 1.165) is 5.56 Å². The molecule has 3 aromatic heterocycles. The van der Waals surface area contributed by atoms with E-state index in [0.29, 0.717) is 33.0 Å². The van der Waals surface area contributed by atoms with Gasteiger partial charge in [-0.25, -0.2) is 24.3 Å². The third kappa shape index (κ3) is 4.26. The molecule has 1 atom stereocenters. The quantitative estimate of drug-likeness (QED) is 0.411. The van der Waals surface area contributed by atoms with Gasteiger partial charge in [-0.3, -0.25) is 0 Å². The largest absolute Gasteiger partial charge is 0.382 e. The normalized spacial score (nSPS) is 12.7. The van der Waals surface area contributed by atoms with E-state index in [4.69, 9.17) is 11.6 Å². The summed E-state index contributed by atoms with van der Waals surface area (Å²) in [6.45, 7) is 6.95. The van der Waals surface area contributed by atoms with E-state index < -0.39 is 11.4 Å². The molecule has 164 valence electrons. The fourth-order valence-electron chi connectivity index (χ4n) is 3.41. The average Bonchev–Trinajstić information content (AvgIpc) is 2.76. The van der Waals surface area contributed by atoms with Crippen molar-refractivity contribution in [3.05, 3.63) is 76.7 Å². The Bertz CT molecular complexity index is 1270. The first-order chi connectivity index (χ1) is 15.1. The van der Waals surface area contributed by atoms with Crippen molar-refractivity contribution in [3.63, 3.8) is 0 Å². The zero-order valence-electron chi connectivity index (χ0n) is 18.2. The van der Waals surface area contributed by atoms with Gasteiger partial charge in [0.2, 0.25) is 0 Å². The number of anilines is 1. The van der Waals surface area contributed by atoms with E-state index >= 15 is 0 Å². The van der Waals surface area contributed by atoms with Crippen LogP contribution in [-0.2, 0) is 5.60 Å². The Morgan fingerprint density at radius 3 is 2.38 bits per heavy atom. The second-order valence-corrected chi connectivity index (χ2v) is 8.58. The van der Waals surface area contributed by atoms with Gasteiger partial charge in [0.1, 0.15) is 16.8 Å². The highest BCUT2D eigenvalue weighted by atomic mass is 35.5. The second-order valence-electron chi connectivity index (χ2n) is 8.20. The molecule has 32 heavy (non-hydrogen) atoms. The number of aryl methyl sites for hydroxylation is 1. The first kappa shape index (κ1) is 22.0. The summed E-state index contributed by atoms with van der Waals surface area (Å²) in [6, 6.07) is 11.2. The van der Waals surface area contributed by atoms with Crippen LogP contribution in [-0.4, -0.2) is 25.0 Å². The molecule has 4 aromatic rings. The van der Waals surface area contributed by atoms with Crippen molar-refractivity contribution >= 4 is 28.3 Å². The summed E-state index contributed by atoms with van der Waals surface area (Å²) in [5, 5.41) is 13.9. The molecule has 0 aliphatic heterocycles. The minimum absolute atomic E-state index is 0.0663. The predicted molar refractivity (Wildman–Crippen MR) is 124 cm³/mol.